The maximum absolute atomic E-state index is 12.0. The molecule has 4 nitrogen and oxygen atoms in total. The third kappa shape index (κ3) is 4.23. The molecule has 1 atom stereocenters. The molecule has 0 spiro atoms. The Labute approximate surface area is 132 Å². The summed E-state index contributed by atoms with van der Waals surface area (Å²) < 4.78 is 5.32. The van der Waals surface area contributed by atoms with Crippen LogP contribution in [0.4, 0.5) is 4.79 Å². The average Bonchev–Trinajstić information content (AvgIpc) is 3.09. The predicted octanol–water partition coefficient (Wildman–Crippen LogP) is 3.32. The molecule has 1 aromatic carbocycles. The Bertz CT molecular complexity index is 471. The van der Waals surface area contributed by atoms with Gasteiger partial charge in [0.25, 0.3) is 0 Å². The topological polar surface area (TPSA) is 41.6 Å². The van der Waals surface area contributed by atoms with Gasteiger partial charge in [-0.2, -0.15) is 0 Å². The molecule has 0 bridgehead atoms. The first-order chi connectivity index (χ1) is 10.8. The van der Waals surface area contributed by atoms with E-state index < -0.39 is 0 Å². The number of amides is 1. The van der Waals surface area contributed by atoms with Gasteiger partial charge < -0.3 is 10.1 Å². The lowest BCUT2D eigenvalue weighted by atomic mass is 10.0. The van der Waals surface area contributed by atoms with E-state index in [2.05, 4.69) is 10.2 Å². The largest absolute Gasteiger partial charge is 0.445 e. The lowest BCUT2D eigenvalue weighted by Crippen LogP contribution is -2.50. The van der Waals surface area contributed by atoms with E-state index in [0.717, 1.165) is 24.6 Å². The van der Waals surface area contributed by atoms with Crippen molar-refractivity contribution in [2.75, 3.05) is 13.1 Å². The zero-order valence-corrected chi connectivity index (χ0v) is 13.2. The lowest BCUT2D eigenvalue weighted by molar-refractivity contribution is 0.111. The third-order valence-corrected chi connectivity index (χ3v) is 4.83. The van der Waals surface area contributed by atoms with E-state index >= 15 is 0 Å². The molecular formula is C18H26N2O2. The van der Waals surface area contributed by atoms with Gasteiger partial charge in [-0.15, -0.1) is 0 Å². The number of benzene rings is 1. The van der Waals surface area contributed by atoms with Gasteiger partial charge in [0.15, 0.2) is 0 Å². The van der Waals surface area contributed by atoms with Gasteiger partial charge in [0.1, 0.15) is 6.61 Å². The highest BCUT2D eigenvalue weighted by atomic mass is 16.5. The zero-order valence-electron chi connectivity index (χ0n) is 13.2. The average molecular weight is 302 g/mol. The number of alkyl carbamates (subject to hydrolysis) is 1. The number of rotatable bonds is 4. The van der Waals surface area contributed by atoms with Crippen molar-refractivity contribution in [3.8, 4) is 0 Å². The molecule has 0 aromatic heterocycles. The number of piperidine rings is 1. The van der Waals surface area contributed by atoms with Gasteiger partial charge in [0.05, 0.1) is 0 Å². The molecule has 3 rings (SSSR count). The first kappa shape index (κ1) is 15.3. The van der Waals surface area contributed by atoms with Crippen LogP contribution in [0.3, 0.4) is 0 Å². The number of hydrogen-bond donors (Lipinski definition) is 1. The fourth-order valence-corrected chi connectivity index (χ4v) is 3.66. The Hall–Kier alpha value is -1.55. The Morgan fingerprint density at radius 1 is 1.14 bits per heavy atom. The van der Waals surface area contributed by atoms with E-state index in [1.54, 1.807) is 0 Å². The number of nitrogens with one attached hydrogen (secondary N) is 1. The minimum absolute atomic E-state index is 0.234. The number of carbonyl (C=O) groups is 1. The van der Waals surface area contributed by atoms with Gasteiger partial charge >= 0.3 is 6.09 Å². The van der Waals surface area contributed by atoms with Crippen LogP contribution in [0.5, 0.6) is 0 Å². The standard InChI is InChI=1S/C18H26N2O2/c21-18(22-14-15-7-2-1-3-8-15)19-16-9-6-12-20(13-16)17-10-4-5-11-17/h1-3,7-8,16-17H,4-6,9-14H2,(H,19,21). The minimum atomic E-state index is -0.290. The van der Waals surface area contributed by atoms with Crippen molar-refractivity contribution >= 4 is 6.09 Å². The minimum Gasteiger partial charge on any atom is -0.445 e. The molecule has 1 aliphatic carbocycles. The summed E-state index contributed by atoms with van der Waals surface area (Å²) >= 11 is 0. The highest BCUT2D eigenvalue weighted by Gasteiger charge is 2.28. The maximum atomic E-state index is 12.0. The van der Waals surface area contributed by atoms with E-state index in [-0.39, 0.29) is 12.1 Å². The van der Waals surface area contributed by atoms with Gasteiger partial charge in [0.2, 0.25) is 0 Å². The van der Waals surface area contributed by atoms with Crippen molar-refractivity contribution in [3.05, 3.63) is 35.9 Å². The van der Waals surface area contributed by atoms with Crippen LogP contribution in [0.1, 0.15) is 44.1 Å². The lowest BCUT2D eigenvalue weighted by Gasteiger charge is -2.36. The zero-order chi connectivity index (χ0) is 15.2. The van der Waals surface area contributed by atoms with Crippen LogP contribution in [0.25, 0.3) is 0 Å². The van der Waals surface area contributed by atoms with Gasteiger partial charge in [-0.25, -0.2) is 4.79 Å². The summed E-state index contributed by atoms with van der Waals surface area (Å²) in [6, 6.07) is 10.8. The van der Waals surface area contributed by atoms with E-state index in [0.29, 0.717) is 6.61 Å². The van der Waals surface area contributed by atoms with Crippen molar-refractivity contribution in [2.24, 2.45) is 0 Å². The second kappa shape index (κ2) is 7.63. The number of carbonyl (C=O) groups excluding carboxylic acids is 1. The number of nitrogens with zero attached hydrogens (tertiary/aromatic N) is 1. The summed E-state index contributed by atoms with van der Waals surface area (Å²) in [5.41, 5.74) is 1.02. The second-order valence-corrected chi connectivity index (χ2v) is 6.48. The summed E-state index contributed by atoms with van der Waals surface area (Å²) in [7, 11) is 0. The fraction of sp³-hybridized carbons (Fsp3) is 0.611. The number of hydrogen-bond acceptors (Lipinski definition) is 3. The molecule has 1 saturated heterocycles. The molecule has 1 amide bonds. The molecule has 1 N–H and O–H groups in total. The van der Waals surface area contributed by atoms with Crippen molar-refractivity contribution in [1.29, 1.82) is 0 Å². The molecule has 1 aromatic rings. The molecule has 2 fully saturated rings. The molecule has 1 aliphatic heterocycles. The highest BCUT2D eigenvalue weighted by Crippen LogP contribution is 2.26. The summed E-state index contributed by atoms with van der Waals surface area (Å²) in [6.45, 7) is 2.50. The van der Waals surface area contributed by atoms with Gasteiger partial charge in [0, 0.05) is 18.6 Å². The first-order valence-electron chi connectivity index (χ1n) is 8.52. The van der Waals surface area contributed by atoms with Crippen LogP contribution in [0.2, 0.25) is 0 Å². The van der Waals surface area contributed by atoms with Crippen LogP contribution < -0.4 is 5.32 Å². The van der Waals surface area contributed by atoms with Gasteiger partial charge in [-0.05, 0) is 37.8 Å². The van der Waals surface area contributed by atoms with Gasteiger partial charge in [-0.1, -0.05) is 43.2 Å². The van der Waals surface area contributed by atoms with Crippen LogP contribution in [-0.4, -0.2) is 36.2 Å². The molecule has 120 valence electrons. The van der Waals surface area contributed by atoms with E-state index in [4.69, 9.17) is 4.74 Å². The fourth-order valence-electron chi connectivity index (χ4n) is 3.66. The van der Waals surface area contributed by atoms with Crippen LogP contribution >= 0.6 is 0 Å². The van der Waals surface area contributed by atoms with Crippen LogP contribution in [-0.2, 0) is 11.3 Å². The Morgan fingerprint density at radius 3 is 2.68 bits per heavy atom. The quantitative estimate of drug-likeness (QED) is 0.927. The van der Waals surface area contributed by atoms with E-state index in [1.165, 1.54) is 38.6 Å². The van der Waals surface area contributed by atoms with Crippen LogP contribution in [0, 0.1) is 0 Å². The number of ether oxygens (including phenoxy) is 1. The Kier molecular flexibility index (Phi) is 5.33. The highest BCUT2D eigenvalue weighted by molar-refractivity contribution is 5.67. The summed E-state index contributed by atoms with van der Waals surface area (Å²) in [5, 5.41) is 3.04. The van der Waals surface area contributed by atoms with Crippen molar-refractivity contribution in [3.63, 3.8) is 0 Å². The molecule has 1 heterocycles. The van der Waals surface area contributed by atoms with Crippen LogP contribution in [0.15, 0.2) is 30.3 Å². The number of likely N-dealkylation sites (tertiary alicyclic amines) is 1. The maximum Gasteiger partial charge on any atom is 0.407 e. The monoisotopic (exact) mass is 302 g/mol. The molecule has 4 heteroatoms. The van der Waals surface area contributed by atoms with Gasteiger partial charge in [-0.3, -0.25) is 4.90 Å². The smallest absolute Gasteiger partial charge is 0.407 e. The molecule has 0 radical (unpaired) electrons. The second-order valence-electron chi connectivity index (χ2n) is 6.48. The first-order valence-corrected chi connectivity index (χ1v) is 8.52. The molecular weight excluding hydrogens is 276 g/mol. The summed E-state index contributed by atoms with van der Waals surface area (Å²) in [4.78, 5) is 14.5. The molecule has 1 saturated carbocycles. The third-order valence-electron chi connectivity index (χ3n) is 4.83. The van der Waals surface area contributed by atoms with Crippen molar-refractivity contribution < 1.29 is 9.53 Å². The van der Waals surface area contributed by atoms with Crippen molar-refractivity contribution in [2.45, 2.75) is 57.2 Å². The Balaban J connectivity index is 1.42. The Morgan fingerprint density at radius 2 is 1.91 bits per heavy atom. The molecule has 2 aliphatic rings. The van der Waals surface area contributed by atoms with E-state index in [9.17, 15) is 4.79 Å². The van der Waals surface area contributed by atoms with E-state index in [1.807, 2.05) is 30.3 Å². The molecule has 22 heavy (non-hydrogen) atoms. The molecule has 1 unspecified atom stereocenters. The predicted molar refractivity (Wildman–Crippen MR) is 86.6 cm³/mol. The summed E-state index contributed by atoms with van der Waals surface area (Å²) in [5.74, 6) is 0. The van der Waals surface area contributed by atoms with Crippen molar-refractivity contribution in [1.82, 2.24) is 10.2 Å². The SMILES string of the molecule is O=C(NC1CCCN(C2CCCC2)C1)OCc1ccccc1. The summed E-state index contributed by atoms with van der Waals surface area (Å²) in [6.07, 6.45) is 7.30. The normalized spacial score (nSPS) is 23.4.